The van der Waals surface area contributed by atoms with Crippen molar-refractivity contribution in [2.45, 2.75) is 26.3 Å². The predicted octanol–water partition coefficient (Wildman–Crippen LogP) is 2.32. The van der Waals surface area contributed by atoms with Crippen molar-refractivity contribution >= 4 is 5.69 Å². The maximum Gasteiger partial charge on any atom is 0.237 e. The molecule has 0 aliphatic carbocycles. The predicted molar refractivity (Wildman–Crippen MR) is 65.0 cm³/mol. The molecule has 90 valence electrons. The Hall–Kier alpha value is -1.29. The number of pyridine rings is 1. The maximum absolute atomic E-state index is 5.52. The molecule has 1 heterocycles. The van der Waals surface area contributed by atoms with Gasteiger partial charge in [-0.3, -0.25) is 0 Å². The minimum absolute atomic E-state index is 0.0115. The molecule has 1 rings (SSSR count). The van der Waals surface area contributed by atoms with E-state index >= 15 is 0 Å². The summed E-state index contributed by atoms with van der Waals surface area (Å²) >= 11 is 0. The zero-order valence-corrected chi connectivity index (χ0v) is 10.4. The lowest BCUT2D eigenvalue weighted by molar-refractivity contribution is 0.144. The summed E-state index contributed by atoms with van der Waals surface area (Å²) in [4.78, 5) is 4.19. The summed E-state index contributed by atoms with van der Waals surface area (Å²) in [6.45, 7) is 7.36. The molecule has 4 nitrogen and oxygen atoms in total. The van der Waals surface area contributed by atoms with Crippen LogP contribution in [0.3, 0.4) is 0 Å². The Morgan fingerprint density at radius 3 is 2.69 bits per heavy atom. The molecule has 0 atom stereocenters. The van der Waals surface area contributed by atoms with Gasteiger partial charge >= 0.3 is 0 Å². The van der Waals surface area contributed by atoms with Crippen LogP contribution < -0.4 is 10.1 Å². The molecule has 1 aromatic rings. The highest BCUT2D eigenvalue weighted by molar-refractivity contribution is 5.53. The highest BCUT2D eigenvalue weighted by Crippen LogP contribution is 2.23. The standard InChI is InChI=1S/C12H20N2O2/c1-12(2,3)14-10-6-5-7-13-11(10)16-9-8-15-4/h5-7,14H,8-9H2,1-4H3. The molecular formula is C12H20N2O2. The van der Waals surface area contributed by atoms with Crippen molar-refractivity contribution in [2.75, 3.05) is 25.6 Å². The summed E-state index contributed by atoms with van der Waals surface area (Å²) in [6, 6.07) is 3.84. The Morgan fingerprint density at radius 1 is 1.31 bits per heavy atom. The third-order valence-corrected chi connectivity index (χ3v) is 1.81. The molecule has 0 aliphatic rings. The second-order valence-electron chi connectivity index (χ2n) is 4.57. The van der Waals surface area contributed by atoms with Crippen LogP contribution in [-0.2, 0) is 4.74 Å². The number of rotatable bonds is 5. The topological polar surface area (TPSA) is 43.4 Å². The highest BCUT2D eigenvalue weighted by Gasteiger charge is 2.13. The first-order valence-electron chi connectivity index (χ1n) is 5.38. The van der Waals surface area contributed by atoms with Crippen LogP contribution >= 0.6 is 0 Å². The van der Waals surface area contributed by atoms with Gasteiger partial charge < -0.3 is 14.8 Å². The van der Waals surface area contributed by atoms with Crippen LogP contribution in [0.15, 0.2) is 18.3 Å². The van der Waals surface area contributed by atoms with Gasteiger partial charge in [0.15, 0.2) is 0 Å². The van der Waals surface area contributed by atoms with Gasteiger partial charge in [0.2, 0.25) is 5.88 Å². The average molecular weight is 224 g/mol. The molecule has 0 unspecified atom stereocenters. The molecule has 0 amide bonds. The molecule has 4 heteroatoms. The molecule has 0 radical (unpaired) electrons. The van der Waals surface area contributed by atoms with Crippen molar-refractivity contribution in [2.24, 2.45) is 0 Å². The minimum Gasteiger partial charge on any atom is -0.474 e. The number of anilines is 1. The van der Waals surface area contributed by atoms with E-state index in [2.05, 4.69) is 31.1 Å². The van der Waals surface area contributed by atoms with Gasteiger partial charge in [-0.05, 0) is 32.9 Å². The number of methoxy groups -OCH3 is 1. The van der Waals surface area contributed by atoms with Crippen LogP contribution in [0.4, 0.5) is 5.69 Å². The number of ether oxygens (including phenoxy) is 2. The molecular weight excluding hydrogens is 204 g/mol. The Morgan fingerprint density at radius 2 is 2.06 bits per heavy atom. The van der Waals surface area contributed by atoms with Crippen LogP contribution in [0.25, 0.3) is 0 Å². The fourth-order valence-corrected chi connectivity index (χ4v) is 1.23. The highest BCUT2D eigenvalue weighted by atomic mass is 16.5. The van der Waals surface area contributed by atoms with Crippen LogP contribution in [0.5, 0.6) is 5.88 Å². The van der Waals surface area contributed by atoms with Gasteiger partial charge in [0.05, 0.1) is 12.3 Å². The van der Waals surface area contributed by atoms with Gasteiger partial charge in [-0.1, -0.05) is 0 Å². The van der Waals surface area contributed by atoms with E-state index in [-0.39, 0.29) is 5.54 Å². The summed E-state index contributed by atoms with van der Waals surface area (Å²) in [5.74, 6) is 0.620. The first kappa shape index (κ1) is 12.8. The lowest BCUT2D eigenvalue weighted by Crippen LogP contribution is -2.26. The zero-order chi connectivity index (χ0) is 12.0. The minimum atomic E-state index is -0.0115. The van der Waals surface area contributed by atoms with Crippen LogP contribution in [0, 0.1) is 0 Å². The van der Waals surface area contributed by atoms with Crippen LogP contribution in [0.2, 0.25) is 0 Å². The number of aromatic nitrogens is 1. The van der Waals surface area contributed by atoms with Gasteiger partial charge in [-0.15, -0.1) is 0 Å². The van der Waals surface area contributed by atoms with Gasteiger partial charge in [0.25, 0.3) is 0 Å². The fraction of sp³-hybridized carbons (Fsp3) is 0.583. The summed E-state index contributed by atoms with van der Waals surface area (Å²) in [5, 5.41) is 3.35. The first-order valence-corrected chi connectivity index (χ1v) is 5.38. The molecule has 1 N–H and O–H groups in total. The normalized spacial score (nSPS) is 11.2. The van der Waals surface area contributed by atoms with Crippen LogP contribution in [-0.4, -0.2) is 30.8 Å². The van der Waals surface area contributed by atoms with Crippen molar-refractivity contribution in [1.29, 1.82) is 0 Å². The van der Waals surface area contributed by atoms with E-state index < -0.39 is 0 Å². The van der Waals surface area contributed by atoms with Crippen molar-refractivity contribution in [1.82, 2.24) is 4.98 Å². The number of hydrogen-bond acceptors (Lipinski definition) is 4. The lowest BCUT2D eigenvalue weighted by Gasteiger charge is -2.23. The van der Waals surface area contributed by atoms with E-state index in [0.717, 1.165) is 5.69 Å². The molecule has 1 aromatic heterocycles. The van der Waals surface area contributed by atoms with Crippen molar-refractivity contribution < 1.29 is 9.47 Å². The van der Waals surface area contributed by atoms with Gasteiger partial charge in [0, 0.05) is 18.8 Å². The van der Waals surface area contributed by atoms with Crippen LogP contribution in [0.1, 0.15) is 20.8 Å². The van der Waals surface area contributed by atoms with Crippen molar-refractivity contribution in [3.05, 3.63) is 18.3 Å². The Balaban J connectivity index is 2.68. The largest absolute Gasteiger partial charge is 0.474 e. The second-order valence-corrected chi connectivity index (χ2v) is 4.57. The number of nitrogens with one attached hydrogen (secondary N) is 1. The Kier molecular flexibility index (Phi) is 4.55. The second kappa shape index (κ2) is 5.70. The van der Waals surface area contributed by atoms with Gasteiger partial charge in [-0.25, -0.2) is 4.98 Å². The SMILES string of the molecule is COCCOc1ncccc1NC(C)(C)C. The molecule has 0 fully saturated rings. The van der Waals surface area contributed by atoms with Gasteiger partial charge in [0.1, 0.15) is 6.61 Å². The molecule has 0 saturated heterocycles. The van der Waals surface area contributed by atoms with E-state index in [9.17, 15) is 0 Å². The fourth-order valence-electron chi connectivity index (χ4n) is 1.23. The molecule has 0 aromatic carbocycles. The monoisotopic (exact) mass is 224 g/mol. The van der Waals surface area contributed by atoms with Crippen molar-refractivity contribution in [3.8, 4) is 5.88 Å². The summed E-state index contributed by atoms with van der Waals surface area (Å²) < 4.78 is 10.5. The number of hydrogen-bond donors (Lipinski definition) is 1. The molecule has 0 bridgehead atoms. The Labute approximate surface area is 97.0 Å². The summed E-state index contributed by atoms with van der Waals surface area (Å²) in [6.07, 6.45) is 1.72. The van der Waals surface area contributed by atoms with E-state index in [1.54, 1.807) is 13.3 Å². The Bertz CT molecular complexity index is 321. The molecule has 0 spiro atoms. The van der Waals surface area contributed by atoms with Crippen molar-refractivity contribution in [3.63, 3.8) is 0 Å². The van der Waals surface area contributed by atoms with E-state index in [0.29, 0.717) is 19.1 Å². The molecule has 16 heavy (non-hydrogen) atoms. The summed E-state index contributed by atoms with van der Waals surface area (Å²) in [7, 11) is 1.65. The third kappa shape index (κ3) is 4.49. The third-order valence-electron chi connectivity index (χ3n) is 1.81. The number of nitrogens with zero attached hydrogens (tertiary/aromatic N) is 1. The smallest absolute Gasteiger partial charge is 0.237 e. The first-order chi connectivity index (χ1) is 7.53. The van der Waals surface area contributed by atoms with E-state index in [1.165, 1.54) is 0 Å². The maximum atomic E-state index is 5.52. The zero-order valence-electron chi connectivity index (χ0n) is 10.4. The van der Waals surface area contributed by atoms with E-state index in [4.69, 9.17) is 9.47 Å². The lowest BCUT2D eigenvalue weighted by atomic mass is 10.1. The molecule has 0 saturated carbocycles. The van der Waals surface area contributed by atoms with E-state index in [1.807, 2.05) is 12.1 Å². The van der Waals surface area contributed by atoms with Gasteiger partial charge in [-0.2, -0.15) is 0 Å². The molecule has 0 aliphatic heterocycles. The summed E-state index contributed by atoms with van der Waals surface area (Å²) in [5.41, 5.74) is 0.897. The average Bonchev–Trinajstić information content (AvgIpc) is 2.19. The quantitative estimate of drug-likeness (QED) is 0.779.